The third-order valence-corrected chi connectivity index (χ3v) is 4.43. The van der Waals surface area contributed by atoms with E-state index in [1.807, 2.05) is 39.8 Å². The minimum atomic E-state index is 0.429. The zero-order valence-corrected chi connectivity index (χ0v) is 17.7. The molecule has 0 amide bonds. The molecule has 3 aromatic carbocycles. The average Bonchev–Trinajstić information content (AvgIpc) is 2.76. The standard InChI is InChI=1S/C21H20.C4H8.C2H6/c1-16-8-10-20(11-9-16)21-14-12-19(13-15-21)17(2)18-6-4-3-5-7-18;1-3-4-2;1-2/h3-15,17H,1-2H3;3-4H,1-2H3;1-2H3/b;4-3-;. The van der Waals surface area contributed by atoms with Crippen molar-refractivity contribution in [1.29, 1.82) is 0 Å². The summed E-state index contributed by atoms with van der Waals surface area (Å²) < 4.78 is 0. The fourth-order valence-electron chi connectivity index (χ4n) is 2.64. The van der Waals surface area contributed by atoms with Crippen molar-refractivity contribution in [3.8, 4) is 11.1 Å². The zero-order valence-electron chi connectivity index (χ0n) is 17.7. The number of hydrogen-bond donors (Lipinski definition) is 0. The van der Waals surface area contributed by atoms with Crippen molar-refractivity contribution in [3.05, 3.63) is 108 Å². The van der Waals surface area contributed by atoms with Crippen molar-refractivity contribution in [2.45, 2.75) is 47.5 Å². The molecule has 0 spiro atoms. The van der Waals surface area contributed by atoms with E-state index < -0.39 is 0 Å². The summed E-state index contributed by atoms with van der Waals surface area (Å²) in [5, 5.41) is 0. The first-order valence-electron chi connectivity index (χ1n) is 9.95. The summed E-state index contributed by atoms with van der Waals surface area (Å²) in [7, 11) is 0. The minimum absolute atomic E-state index is 0.429. The summed E-state index contributed by atoms with van der Waals surface area (Å²) in [6.45, 7) is 12.4. The fourth-order valence-corrected chi connectivity index (χ4v) is 2.64. The summed E-state index contributed by atoms with van der Waals surface area (Å²) in [6.07, 6.45) is 4.00. The molecule has 0 heteroatoms. The van der Waals surface area contributed by atoms with Gasteiger partial charge < -0.3 is 0 Å². The van der Waals surface area contributed by atoms with Crippen LogP contribution in [0.1, 0.15) is 57.2 Å². The Morgan fingerprint density at radius 3 is 1.44 bits per heavy atom. The molecule has 3 aromatic rings. The van der Waals surface area contributed by atoms with E-state index in [-0.39, 0.29) is 0 Å². The van der Waals surface area contributed by atoms with Gasteiger partial charge in [-0.15, -0.1) is 0 Å². The Morgan fingerprint density at radius 2 is 1.00 bits per heavy atom. The third kappa shape index (κ3) is 7.27. The summed E-state index contributed by atoms with van der Waals surface area (Å²) in [6, 6.07) is 28.3. The van der Waals surface area contributed by atoms with Crippen molar-refractivity contribution >= 4 is 0 Å². The maximum absolute atomic E-state index is 2.26. The number of hydrogen-bond acceptors (Lipinski definition) is 0. The highest BCUT2D eigenvalue weighted by Crippen LogP contribution is 2.27. The van der Waals surface area contributed by atoms with Gasteiger partial charge in [0.15, 0.2) is 0 Å². The van der Waals surface area contributed by atoms with Gasteiger partial charge in [-0.25, -0.2) is 0 Å². The van der Waals surface area contributed by atoms with Gasteiger partial charge in [0.2, 0.25) is 0 Å². The molecule has 142 valence electrons. The van der Waals surface area contributed by atoms with Crippen LogP contribution < -0.4 is 0 Å². The number of allylic oxidation sites excluding steroid dienone is 2. The van der Waals surface area contributed by atoms with E-state index in [2.05, 4.69) is 92.7 Å². The van der Waals surface area contributed by atoms with E-state index in [4.69, 9.17) is 0 Å². The Hall–Kier alpha value is -2.60. The highest BCUT2D eigenvalue weighted by atomic mass is 14.1. The maximum Gasteiger partial charge on any atom is 0.00610 e. The van der Waals surface area contributed by atoms with Crippen LogP contribution in [0.3, 0.4) is 0 Å². The Bertz CT molecular complexity index is 759. The lowest BCUT2D eigenvalue weighted by Crippen LogP contribution is -1.95. The Kier molecular flexibility index (Phi) is 10.6. The molecular formula is C27H34. The summed E-state index contributed by atoms with van der Waals surface area (Å²) >= 11 is 0. The molecule has 0 bridgehead atoms. The minimum Gasteiger partial charge on any atom is -0.0919 e. The lowest BCUT2D eigenvalue weighted by Gasteiger charge is -2.13. The summed E-state index contributed by atoms with van der Waals surface area (Å²) in [5.74, 6) is 0.429. The van der Waals surface area contributed by atoms with Gasteiger partial charge in [0.1, 0.15) is 0 Å². The van der Waals surface area contributed by atoms with Crippen LogP contribution >= 0.6 is 0 Å². The molecule has 0 aromatic heterocycles. The third-order valence-electron chi connectivity index (χ3n) is 4.43. The molecule has 0 N–H and O–H groups in total. The second-order valence-electron chi connectivity index (χ2n) is 6.29. The summed E-state index contributed by atoms with van der Waals surface area (Å²) in [5.41, 5.74) is 6.57. The van der Waals surface area contributed by atoms with Crippen molar-refractivity contribution in [3.63, 3.8) is 0 Å². The van der Waals surface area contributed by atoms with Gasteiger partial charge in [0.25, 0.3) is 0 Å². The van der Waals surface area contributed by atoms with Crippen molar-refractivity contribution < 1.29 is 0 Å². The monoisotopic (exact) mass is 358 g/mol. The molecule has 1 atom stereocenters. The normalized spacial score (nSPS) is 11.0. The molecule has 27 heavy (non-hydrogen) atoms. The number of rotatable bonds is 3. The van der Waals surface area contributed by atoms with E-state index in [0.29, 0.717) is 5.92 Å². The predicted octanol–water partition coefficient (Wildman–Crippen LogP) is 8.42. The molecule has 0 aliphatic rings. The number of aryl methyl sites for hydroxylation is 1. The van der Waals surface area contributed by atoms with Crippen LogP contribution in [-0.2, 0) is 0 Å². The topological polar surface area (TPSA) is 0 Å². The molecule has 0 nitrogen and oxygen atoms in total. The number of benzene rings is 3. The van der Waals surface area contributed by atoms with Gasteiger partial charge in [-0.05, 0) is 43.0 Å². The fraction of sp³-hybridized carbons (Fsp3) is 0.259. The van der Waals surface area contributed by atoms with Gasteiger partial charge in [-0.3, -0.25) is 0 Å². The molecule has 1 unspecified atom stereocenters. The van der Waals surface area contributed by atoms with E-state index in [9.17, 15) is 0 Å². The van der Waals surface area contributed by atoms with Gasteiger partial charge >= 0.3 is 0 Å². The van der Waals surface area contributed by atoms with E-state index in [0.717, 1.165) is 0 Å². The Balaban J connectivity index is 0.000000541. The first-order chi connectivity index (χ1) is 13.2. The lowest BCUT2D eigenvalue weighted by molar-refractivity contribution is 0.923. The van der Waals surface area contributed by atoms with E-state index in [1.54, 1.807) is 0 Å². The van der Waals surface area contributed by atoms with Crippen LogP contribution in [0.5, 0.6) is 0 Å². The van der Waals surface area contributed by atoms with Gasteiger partial charge in [0.05, 0.1) is 0 Å². The van der Waals surface area contributed by atoms with Gasteiger partial charge in [-0.1, -0.05) is 117 Å². The summed E-state index contributed by atoms with van der Waals surface area (Å²) in [4.78, 5) is 0. The van der Waals surface area contributed by atoms with Crippen molar-refractivity contribution in [1.82, 2.24) is 0 Å². The molecule has 0 aliphatic carbocycles. The highest BCUT2D eigenvalue weighted by Gasteiger charge is 2.07. The predicted molar refractivity (Wildman–Crippen MR) is 122 cm³/mol. The van der Waals surface area contributed by atoms with Crippen LogP contribution in [0.25, 0.3) is 11.1 Å². The van der Waals surface area contributed by atoms with Crippen LogP contribution in [0.4, 0.5) is 0 Å². The van der Waals surface area contributed by atoms with Crippen molar-refractivity contribution in [2.75, 3.05) is 0 Å². The molecule has 0 fully saturated rings. The molecule has 0 saturated heterocycles. The second kappa shape index (κ2) is 12.7. The highest BCUT2D eigenvalue weighted by molar-refractivity contribution is 5.64. The van der Waals surface area contributed by atoms with Gasteiger partial charge in [0, 0.05) is 5.92 Å². The SMILES string of the molecule is C/C=C\C.CC.Cc1ccc(-c2ccc(C(C)c3ccccc3)cc2)cc1. The molecule has 0 aliphatic heterocycles. The molecular weight excluding hydrogens is 324 g/mol. The Labute approximate surface area is 166 Å². The van der Waals surface area contributed by atoms with E-state index in [1.165, 1.54) is 27.8 Å². The van der Waals surface area contributed by atoms with Crippen LogP contribution in [0.15, 0.2) is 91.0 Å². The van der Waals surface area contributed by atoms with Crippen molar-refractivity contribution in [2.24, 2.45) is 0 Å². The van der Waals surface area contributed by atoms with Crippen LogP contribution in [0.2, 0.25) is 0 Å². The molecule has 0 saturated carbocycles. The molecule has 3 rings (SSSR count). The molecule has 0 heterocycles. The zero-order chi connectivity index (χ0) is 20.1. The first kappa shape index (κ1) is 22.4. The Morgan fingerprint density at radius 1 is 0.593 bits per heavy atom. The van der Waals surface area contributed by atoms with E-state index >= 15 is 0 Å². The lowest BCUT2D eigenvalue weighted by atomic mass is 9.92. The maximum atomic E-state index is 2.26. The quantitative estimate of drug-likeness (QED) is 0.412. The van der Waals surface area contributed by atoms with Gasteiger partial charge in [-0.2, -0.15) is 0 Å². The average molecular weight is 359 g/mol. The molecule has 0 radical (unpaired) electrons. The van der Waals surface area contributed by atoms with Crippen LogP contribution in [0, 0.1) is 6.92 Å². The largest absolute Gasteiger partial charge is 0.0919 e. The first-order valence-corrected chi connectivity index (χ1v) is 9.95. The smallest absolute Gasteiger partial charge is 0.00610 e. The van der Waals surface area contributed by atoms with Crippen LogP contribution in [-0.4, -0.2) is 0 Å². The second-order valence-corrected chi connectivity index (χ2v) is 6.29.